The van der Waals surface area contributed by atoms with Crippen molar-refractivity contribution in [3.8, 4) is 11.3 Å². The molecule has 0 spiro atoms. The van der Waals surface area contributed by atoms with Crippen LogP contribution in [0.15, 0.2) is 12.1 Å². The van der Waals surface area contributed by atoms with E-state index in [1.165, 1.54) is 16.7 Å². The average molecular weight is 258 g/mol. The minimum Gasteiger partial charge on any atom is -0.481 e. The van der Waals surface area contributed by atoms with Crippen molar-refractivity contribution in [3.05, 3.63) is 40.1 Å². The van der Waals surface area contributed by atoms with Crippen molar-refractivity contribution in [3.63, 3.8) is 0 Å². The molecule has 1 aromatic carbocycles. The summed E-state index contributed by atoms with van der Waals surface area (Å²) in [5.41, 5.74) is 7.18. The van der Waals surface area contributed by atoms with Gasteiger partial charge in [0.25, 0.3) is 0 Å². The van der Waals surface area contributed by atoms with E-state index in [0.717, 1.165) is 16.8 Å². The molecule has 0 radical (unpaired) electrons. The summed E-state index contributed by atoms with van der Waals surface area (Å²) >= 11 is 0. The molecule has 4 nitrogen and oxygen atoms in total. The molecule has 2 rings (SSSR count). The van der Waals surface area contributed by atoms with Crippen LogP contribution in [0.5, 0.6) is 0 Å². The molecule has 100 valence electrons. The Morgan fingerprint density at radius 2 is 1.84 bits per heavy atom. The Morgan fingerprint density at radius 1 is 1.16 bits per heavy atom. The van der Waals surface area contributed by atoms with Gasteiger partial charge in [-0.3, -0.25) is 9.89 Å². The second-order valence-electron chi connectivity index (χ2n) is 4.93. The van der Waals surface area contributed by atoms with Gasteiger partial charge in [-0.25, -0.2) is 0 Å². The fourth-order valence-electron chi connectivity index (χ4n) is 2.23. The molecule has 0 amide bonds. The van der Waals surface area contributed by atoms with E-state index in [2.05, 4.69) is 37.0 Å². The Balaban J connectivity index is 2.51. The molecule has 2 aromatic rings. The predicted octanol–water partition coefficient (Wildman–Crippen LogP) is 2.94. The number of hydrogen-bond donors (Lipinski definition) is 2. The summed E-state index contributed by atoms with van der Waals surface area (Å²) in [5, 5.41) is 16.0. The Hall–Kier alpha value is -2.10. The highest BCUT2D eigenvalue weighted by molar-refractivity contribution is 5.73. The molecule has 0 bridgehead atoms. The monoisotopic (exact) mass is 258 g/mol. The van der Waals surface area contributed by atoms with Crippen LogP contribution in [-0.2, 0) is 11.2 Å². The molecule has 19 heavy (non-hydrogen) atoms. The maximum atomic E-state index is 10.8. The summed E-state index contributed by atoms with van der Waals surface area (Å²) < 4.78 is 0. The van der Waals surface area contributed by atoms with E-state index in [9.17, 15) is 4.79 Å². The number of hydrogen-bond acceptors (Lipinski definition) is 2. The summed E-state index contributed by atoms with van der Waals surface area (Å²) in [5.74, 6) is -0.852. The molecule has 0 aliphatic rings. The standard InChI is InChI=1S/C15H18N2O2/c1-8-5-6-12(10(3)9(8)2)15-11(4)13(16-17-15)7-14(18)19/h5-6H,7H2,1-4H3,(H,16,17)(H,18,19). The van der Waals surface area contributed by atoms with E-state index >= 15 is 0 Å². The van der Waals surface area contributed by atoms with Crippen molar-refractivity contribution in [2.75, 3.05) is 0 Å². The Kier molecular flexibility index (Phi) is 3.42. The number of carboxylic acids is 1. The second kappa shape index (κ2) is 4.88. The van der Waals surface area contributed by atoms with Crippen LogP contribution in [0.3, 0.4) is 0 Å². The number of nitrogens with one attached hydrogen (secondary N) is 1. The third kappa shape index (κ3) is 2.38. The van der Waals surface area contributed by atoms with E-state index in [1.54, 1.807) is 0 Å². The number of H-pyrrole nitrogens is 1. The van der Waals surface area contributed by atoms with E-state index in [1.807, 2.05) is 13.0 Å². The SMILES string of the molecule is Cc1ccc(-c2n[nH]c(CC(=O)O)c2C)c(C)c1C. The fraction of sp³-hybridized carbons (Fsp3) is 0.333. The van der Waals surface area contributed by atoms with Crippen LogP contribution >= 0.6 is 0 Å². The number of carboxylic acid groups (broad SMARTS) is 1. The molecule has 2 N–H and O–H groups in total. The molecule has 0 fully saturated rings. The lowest BCUT2D eigenvalue weighted by Crippen LogP contribution is -2.01. The van der Waals surface area contributed by atoms with Crippen LogP contribution in [0.1, 0.15) is 27.9 Å². The molecule has 4 heteroatoms. The highest BCUT2D eigenvalue weighted by Gasteiger charge is 2.15. The Labute approximate surface area is 112 Å². The molecule has 1 aromatic heterocycles. The smallest absolute Gasteiger partial charge is 0.309 e. The van der Waals surface area contributed by atoms with Gasteiger partial charge >= 0.3 is 5.97 Å². The minimum absolute atomic E-state index is 0.0251. The highest BCUT2D eigenvalue weighted by Crippen LogP contribution is 2.29. The van der Waals surface area contributed by atoms with Crippen molar-refractivity contribution < 1.29 is 9.90 Å². The molecule has 0 aliphatic heterocycles. The van der Waals surface area contributed by atoms with Gasteiger partial charge in [0.1, 0.15) is 0 Å². The van der Waals surface area contributed by atoms with Crippen molar-refractivity contribution in [2.24, 2.45) is 0 Å². The number of aromatic nitrogens is 2. The lowest BCUT2D eigenvalue weighted by Gasteiger charge is -2.10. The van der Waals surface area contributed by atoms with Crippen molar-refractivity contribution in [2.45, 2.75) is 34.1 Å². The van der Waals surface area contributed by atoms with E-state index in [-0.39, 0.29) is 6.42 Å². The first kappa shape index (κ1) is 13.3. The number of nitrogens with zero attached hydrogens (tertiary/aromatic N) is 1. The molecular weight excluding hydrogens is 240 g/mol. The molecule has 0 saturated carbocycles. The molecule has 0 aliphatic carbocycles. The zero-order chi connectivity index (χ0) is 14.2. The van der Waals surface area contributed by atoms with E-state index in [4.69, 9.17) is 5.11 Å². The second-order valence-corrected chi connectivity index (χ2v) is 4.93. The van der Waals surface area contributed by atoms with E-state index < -0.39 is 5.97 Å². The summed E-state index contributed by atoms with van der Waals surface area (Å²) in [4.78, 5) is 10.8. The summed E-state index contributed by atoms with van der Waals surface area (Å²) in [6.07, 6.45) is -0.0251. The minimum atomic E-state index is -0.852. The summed E-state index contributed by atoms with van der Waals surface area (Å²) in [7, 11) is 0. The molecule has 0 atom stereocenters. The zero-order valence-electron chi connectivity index (χ0n) is 11.7. The van der Waals surface area contributed by atoms with Crippen LogP contribution in [-0.4, -0.2) is 21.3 Å². The van der Waals surface area contributed by atoms with Crippen molar-refractivity contribution in [1.29, 1.82) is 0 Å². The van der Waals surface area contributed by atoms with Gasteiger partial charge in [-0.2, -0.15) is 5.10 Å². The normalized spacial score (nSPS) is 10.7. The fourth-order valence-corrected chi connectivity index (χ4v) is 2.23. The molecule has 1 heterocycles. The average Bonchev–Trinajstić information content (AvgIpc) is 2.68. The van der Waals surface area contributed by atoms with Gasteiger partial charge in [0.05, 0.1) is 12.1 Å². The largest absolute Gasteiger partial charge is 0.481 e. The maximum absolute atomic E-state index is 10.8. The quantitative estimate of drug-likeness (QED) is 0.889. The van der Waals surface area contributed by atoms with Gasteiger partial charge in [-0.15, -0.1) is 0 Å². The van der Waals surface area contributed by atoms with Crippen LogP contribution in [0.4, 0.5) is 0 Å². The number of rotatable bonds is 3. The number of aryl methyl sites for hydroxylation is 1. The number of carbonyl (C=O) groups is 1. The molecule has 0 unspecified atom stereocenters. The van der Waals surface area contributed by atoms with Gasteiger partial charge in [0.2, 0.25) is 0 Å². The third-order valence-electron chi connectivity index (χ3n) is 3.75. The number of aromatic amines is 1. The van der Waals surface area contributed by atoms with Crippen molar-refractivity contribution in [1.82, 2.24) is 10.2 Å². The first-order chi connectivity index (χ1) is 8.91. The first-order valence-electron chi connectivity index (χ1n) is 6.24. The van der Waals surface area contributed by atoms with Crippen LogP contribution in [0, 0.1) is 27.7 Å². The molecular formula is C15H18N2O2. The topological polar surface area (TPSA) is 66.0 Å². The zero-order valence-corrected chi connectivity index (χ0v) is 11.7. The van der Waals surface area contributed by atoms with Crippen LogP contribution < -0.4 is 0 Å². The highest BCUT2D eigenvalue weighted by atomic mass is 16.4. The van der Waals surface area contributed by atoms with Crippen LogP contribution in [0.2, 0.25) is 0 Å². The lowest BCUT2D eigenvalue weighted by atomic mass is 9.95. The van der Waals surface area contributed by atoms with Gasteiger partial charge < -0.3 is 5.11 Å². The third-order valence-corrected chi connectivity index (χ3v) is 3.75. The molecule has 0 saturated heterocycles. The Morgan fingerprint density at radius 3 is 2.47 bits per heavy atom. The van der Waals surface area contributed by atoms with Crippen LogP contribution in [0.25, 0.3) is 11.3 Å². The summed E-state index contributed by atoms with van der Waals surface area (Å²) in [6.45, 7) is 8.15. The first-order valence-corrected chi connectivity index (χ1v) is 6.24. The van der Waals surface area contributed by atoms with Gasteiger partial charge in [0.15, 0.2) is 0 Å². The summed E-state index contributed by atoms with van der Waals surface area (Å²) in [6, 6.07) is 4.12. The maximum Gasteiger partial charge on any atom is 0.309 e. The predicted molar refractivity (Wildman–Crippen MR) is 74.3 cm³/mol. The van der Waals surface area contributed by atoms with E-state index in [0.29, 0.717) is 5.69 Å². The van der Waals surface area contributed by atoms with Gasteiger partial charge in [-0.05, 0) is 49.9 Å². The Bertz CT molecular complexity index is 642. The number of aliphatic carboxylic acids is 1. The lowest BCUT2D eigenvalue weighted by molar-refractivity contribution is -0.136. The number of benzene rings is 1. The van der Waals surface area contributed by atoms with Gasteiger partial charge in [-0.1, -0.05) is 12.1 Å². The van der Waals surface area contributed by atoms with Gasteiger partial charge in [0, 0.05) is 11.3 Å². The van der Waals surface area contributed by atoms with Crippen molar-refractivity contribution >= 4 is 5.97 Å².